The lowest BCUT2D eigenvalue weighted by Gasteiger charge is -2.19. The van der Waals surface area contributed by atoms with Crippen molar-refractivity contribution in [2.24, 2.45) is 0 Å². The second-order valence-corrected chi connectivity index (χ2v) is 7.82. The van der Waals surface area contributed by atoms with E-state index < -0.39 is 17.8 Å². The van der Waals surface area contributed by atoms with Gasteiger partial charge in [-0.1, -0.05) is 30.3 Å². The van der Waals surface area contributed by atoms with E-state index >= 15 is 0 Å². The van der Waals surface area contributed by atoms with Crippen molar-refractivity contribution in [3.05, 3.63) is 78.5 Å². The van der Waals surface area contributed by atoms with E-state index in [2.05, 4.69) is 15.6 Å². The summed E-state index contributed by atoms with van der Waals surface area (Å²) in [6, 6.07) is 19.5. The van der Waals surface area contributed by atoms with Crippen molar-refractivity contribution in [2.75, 3.05) is 10.6 Å². The Morgan fingerprint density at radius 3 is 2.28 bits per heavy atom. The van der Waals surface area contributed by atoms with Gasteiger partial charge >= 0.3 is 12.2 Å². The lowest BCUT2D eigenvalue weighted by Crippen LogP contribution is -2.27. The van der Waals surface area contributed by atoms with Gasteiger partial charge in [0, 0.05) is 18.0 Å². The summed E-state index contributed by atoms with van der Waals surface area (Å²) < 4.78 is 16.2. The van der Waals surface area contributed by atoms with Crippen LogP contribution in [0.2, 0.25) is 0 Å². The van der Waals surface area contributed by atoms with Crippen molar-refractivity contribution in [1.29, 1.82) is 0 Å². The zero-order valence-corrected chi connectivity index (χ0v) is 18.1. The molecule has 0 unspecified atom stereocenters. The Morgan fingerprint density at radius 2 is 1.59 bits per heavy atom. The monoisotopic (exact) mass is 435 g/mol. The lowest BCUT2D eigenvalue weighted by atomic mass is 10.2. The molecule has 1 aromatic heterocycles. The first kappa shape index (κ1) is 22.6. The number of benzene rings is 2. The van der Waals surface area contributed by atoms with Gasteiger partial charge in [-0.15, -0.1) is 0 Å². The van der Waals surface area contributed by atoms with E-state index in [1.807, 2.05) is 30.3 Å². The van der Waals surface area contributed by atoms with Crippen LogP contribution in [0.25, 0.3) is 0 Å². The summed E-state index contributed by atoms with van der Waals surface area (Å²) in [4.78, 5) is 27.9. The van der Waals surface area contributed by atoms with Gasteiger partial charge in [-0.2, -0.15) is 0 Å². The van der Waals surface area contributed by atoms with Gasteiger partial charge in [0.15, 0.2) is 0 Å². The summed E-state index contributed by atoms with van der Waals surface area (Å²) in [5.41, 5.74) is 0.865. The number of anilines is 2. The molecule has 0 aliphatic rings. The van der Waals surface area contributed by atoms with E-state index in [4.69, 9.17) is 14.2 Å². The standard InChI is InChI=1S/C24H25N3O5/c1-24(2,3)32-23(29)27-21-15-20(13-14-25-21)31-19-11-9-18(10-12-19)26-22(28)30-16-17-7-5-4-6-8-17/h4-15H,16H2,1-3H3,(H,26,28)(H,25,27,29). The van der Waals surface area contributed by atoms with Crippen LogP contribution in [0.1, 0.15) is 26.3 Å². The second-order valence-electron chi connectivity index (χ2n) is 7.82. The zero-order chi connectivity index (χ0) is 23.0. The first-order chi connectivity index (χ1) is 15.3. The van der Waals surface area contributed by atoms with Crippen LogP contribution in [0.3, 0.4) is 0 Å². The molecule has 0 bridgehead atoms. The van der Waals surface area contributed by atoms with Crippen LogP contribution in [0, 0.1) is 0 Å². The van der Waals surface area contributed by atoms with Crippen LogP contribution >= 0.6 is 0 Å². The average molecular weight is 435 g/mol. The first-order valence-electron chi connectivity index (χ1n) is 9.98. The molecule has 0 aliphatic heterocycles. The van der Waals surface area contributed by atoms with Crippen LogP contribution in [0.15, 0.2) is 72.9 Å². The molecule has 2 aromatic carbocycles. The zero-order valence-electron chi connectivity index (χ0n) is 18.1. The van der Waals surface area contributed by atoms with Crippen LogP contribution in [0.5, 0.6) is 11.5 Å². The summed E-state index contributed by atoms with van der Waals surface area (Å²) >= 11 is 0. The maximum absolute atomic E-state index is 12.0. The Kier molecular flexibility index (Phi) is 7.28. The Hall–Kier alpha value is -4.07. The lowest BCUT2D eigenvalue weighted by molar-refractivity contribution is 0.0635. The minimum atomic E-state index is -0.609. The quantitative estimate of drug-likeness (QED) is 0.495. The Bertz CT molecular complexity index is 1050. The molecule has 0 saturated carbocycles. The van der Waals surface area contributed by atoms with Crippen LogP contribution < -0.4 is 15.4 Å². The van der Waals surface area contributed by atoms with Crippen molar-refractivity contribution in [3.8, 4) is 11.5 Å². The predicted octanol–water partition coefficient (Wildman–Crippen LogP) is 5.97. The highest BCUT2D eigenvalue weighted by atomic mass is 16.6. The molecule has 0 aliphatic carbocycles. The Labute approximate surface area is 186 Å². The molecule has 32 heavy (non-hydrogen) atoms. The van der Waals surface area contributed by atoms with Crippen molar-refractivity contribution >= 4 is 23.7 Å². The molecule has 2 amide bonds. The first-order valence-corrected chi connectivity index (χ1v) is 9.98. The second kappa shape index (κ2) is 10.3. The number of aromatic nitrogens is 1. The van der Waals surface area contributed by atoms with Crippen molar-refractivity contribution in [3.63, 3.8) is 0 Å². The van der Waals surface area contributed by atoms with Crippen molar-refractivity contribution in [2.45, 2.75) is 33.0 Å². The summed E-state index contributed by atoms with van der Waals surface area (Å²) in [5.74, 6) is 1.33. The van der Waals surface area contributed by atoms with E-state index in [1.165, 1.54) is 6.20 Å². The molecule has 0 radical (unpaired) electrons. The molecule has 0 fully saturated rings. The van der Waals surface area contributed by atoms with E-state index in [1.54, 1.807) is 57.2 Å². The fourth-order valence-electron chi connectivity index (χ4n) is 2.57. The highest BCUT2D eigenvalue weighted by molar-refractivity contribution is 5.85. The van der Waals surface area contributed by atoms with Gasteiger partial charge < -0.3 is 14.2 Å². The van der Waals surface area contributed by atoms with Gasteiger partial charge in [0.2, 0.25) is 0 Å². The molecular formula is C24H25N3O5. The van der Waals surface area contributed by atoms with Crippen molar-refractivity contribution < 1.29 is 23.8 Å². The van der Waals surface area contributed by atoms with E-state index in [9.17, 15) is 9.59 Å². The summed E-state index contributed by atoms with van der Waals surface area (Å²) in [7, 11) is 0. The molecule has 8 heteroatoms. The van der Waals surface area contributed by atoms with Gasteiger partial charge in [-0.05, 0) is 56.7 Å². The fraction of sp³-hybridized carbons (Fsp3) is 0.208. The number of ether oxygens (including phenoxy) is 3. The van der Waals surface area contributed by atoms with E-state index in [-0.39, 0.29) is 6.61 Å². The minimum absolute atomic E-state index is 0.190. The molecule has 0 atom stereocenters. The largest absolute Gasteiger partial charge is 0.457 e. The maximum Gasteiger partial charge on any atom is 0.413 e. The van der Waals surface area contributed by atoms with Gasteiger partial charge in [0.05, 0.1) is 0 Å². The number of hydrogen-bond donors (Lipinski definition) is 2. The third-order valence-electron chi connectivity index (χ3n) is 3.91. The Morgan fingerprint density at radius 1 is 0.875 bits per heavy atom. The van der Waals surface area contributed by atoms with Crippen LogP contribution in [-0.4, -0.2) is 22.8 Å². The Balaban J connectivity index is 1.52. The van der Waals surface area contributed by atoms with Crippen LogP contribution in [0.4, 0.5) is 21.1 Å². The predicted molar refractivity (Wildman–Crippen MR) is 121 cm³/mol. The highest BCUT2D eigenvalue weighted by Gasteiger charge is 2.16. The van der Waals surface area contributed by atoms with Gasteiger partial charge in [-0.3, -0.25) is 10.6 Å². The number of carbonyl (C=O) groups excluding carboxylic acids is 2. The van der Waals surface area contributed by atoms with Gasteiger partial charge in [0.1, 0.15) is 29.5 Å². The SMILES string of the molecule is CC(C)(C)OC(=O)Nc1cc(Oc2ccc(NC(=O)OCc3ccccc3)cc2)ccn1. The molecule has 0 spiro atoms. The number of rotatable bonds is 6. The topological polar surface area (TPSA) is 98.8 Å². The average Bonchev–Trinajstić information content (AvgIpc) is 2.73. The molecule has 3 rings (SSSR count). The molecule has 3 aromatic rings. The van der Waals surface area contributed by atoms with E-state index in [0.717, 1.165) is 5.56 Å². The maximum atomic E-state index is 12.0. The van der Waals surface area contributed by atoms with Crippen molar-refractivity contribution in [1.82, 2.24) is 4.98 Å². The number of nitrogens with one attached hydrogen (secondary N) is 2. The smallest absolute Gasteiger partial charge is 0.413 e. The van der Waals surface area contributed by atoms with Gasteiger partial charge in [0.25, 0.3) is 0 Å². The molecule has 2 N–H and O–H groups in total. The molecule has 8 nitrogen and oxygen atoms in total. The van der Waals surface area contributed by atoms with E-state index in [0.29, 0.717) is 23.0 Å². The molecule has 1 heterocycles. The normalized spacial score (nSPS) is 10.7. The third kappa shape index (κ3) is 7.64. The molecule has 0 saturated heterocycles. The summed E-state index contributed by atoms with van der Waals surface area (Å²) in [6.45, 7) is 5.53. The molecule has 166 valence electrons. The third-order valence-corrected chi connectivity index (χ3v) is 3.91. The number of hydrogen-bond acceptors (Lipinski definition) is 6. The minimum Gasteiger partial charge on any atom is -0.457 e. The highest BCUT2D eigenvalue weighted by Crippen LogP contribution is 2.24. The number of pyridine rings is 1. The number of carbonyl (C=O) groups is 2. The van der Waals surface area contributed by atoms with Crippen LogP contribution in [-0.2, 0) is 16.1 Å². The number of nitrogens with zero attached hydrogens (tertiary/aromatic N) is 1. The summed E-state index contributed by atoms with van der Waals surface area (Å²) in [6.07, 6.45) is 0.368. The molecular weight excluding hydrogens is 410 g/mol. The summed E-state index contributed by atoms with van der Waals surface area (Å²) in [5, 5.41) is 5.23. The fourth-order valence-corrected chi connectivity index (χ4v) is 2.57. The van der Waals surface area contributed by atoms with Gasteiger partial charge in [-0.25, -0.2) is 14.6 Å². The number of amides is 2.